The third-order valence-corrected chi connectivity index (χ3v) is 7.74. The number of fused-ring (bicyclic) bond motifs is 3. The second-order valence-electron chi connectivity index (χ2n) is 12.8. The van der Waals surface area contributed by atoms with E-state index in [1.165, 1.54) is 9.80 Å². The van der Waals surface area contributed by atoms with Crippen LogP contribution in [0.2, 0.25) is 0 Å². The van der Waals surface area contributed by atoms with Crippen LogP contribution in [0.3, 0.4) is 0 Å². The lowest BCUT2D eigenvalue weighted by molar-refractivity contribution is -0.150. The molecule has 0 spiro atoms. The normalized spacial score (nSPS) is 25.9. The molecular weight excluding hydrogens is 546 g/mol. The SMILES string of the molecule is COc1ccc2c3c1OC/C=C/CC(C)(C)COC(=O)N[C@@H](C(C)(C)C)C(=O)N1C[C@@H](CC1C(=O)O)OC(=O)N(C2)C3. The van der Waals surface area contributed by atoms with E-state index >= 15 is 0 Å². The lowest BCUT2D eigenvalue weighted by Crippen LogP contribution is -2.57. The second-order valence-corrected chi connectivity index (χ2v) is 12.8. The fraction of sp³-hybridized carbons (Fsp3) is 0.600. The fourth-order valence-electron chi connectivity index (χ4n) is 5.34. The quantitative estimate of drug-likeness (QED) is 0.495. The Morgan fingerprint density at radius 1 is 1.12 bits per heavy atom. The molecule has 3 aliphatic heterocycles. The molecule has 230 valence electrons. The van der Waals surface area contributed by atoms with Gasteiger partial charge in [-0.15, -0.1) is 0 Å². The molecule has 1 unspecified atom stereocenters. The number of hydrogen-bond donors (Lipinski definition) is 2. The number of benzene rings is 1. The van der Waals surface area contributed by atoms with Crippen molar-refractivity contribution in [3.8, 4) is 11.5 Å². The van der Waals surface area contributed by atoms with Crippen molar-refractivity contribution in [3.05, 3.63) is 35.4 Å². The summed E-state index contributed by atoms with van der Waals surface area (Å²) in [7, 11) is 1.55. The van der Waals surface area contributed by atoms with Gasteiger partial charge in [0.2, 0.25) is 5.91 Å². The highest BCUT2D eigenvalue weighted by Gasteiger charge is 2.47. The van der Waals surface area contributed by atoms with Crippen LogP contribution in [-0.4, -0.2) is 84.0 Å². The van der Waals surface area contributed by atoms with Crippen molar-refractivity contribution in [3.63, 3.8) is 0 Å². The van der Waals surface area contributed by atoms with E-state index in [0.29, 0.717) is 17.9 Å². The van der Waals surface area contributed by atoms with Crippen molar-refractivity contribution >= 4 is 24.1 Å². The summed E-state index contributed by atoms with van der Waals surface area (Å²) in [6.45, 7) is 9.96. The summed E-state index contributed by atoms with van der Waals surface area (Å²) in [5.74, 6) is -0.722. The van der Waals surface area contributed by atoms with Gasteiger partial charge in [0.15, 0.2) is 11.5 Å². The van der Waals surface area contributed by atoms with Gasteiger partial charge < -0.3 is 34.3 Å². The zero-order chi connectivity index (χ0) is 30.8. The zero-order valence-corrected chi connectivity index (χ0v) is 25.1. The molecule has 0 aliphatic carbocycles. The zero-order valence-electron chi connectivity index (χ0n) is 25.1. The van der Waals surface area contributed by atoms with Crippen molar-refractivity contribution in [2.75, 3.05) is 26.9 Å². The number of cyclic esters (lactones) is 1. The number of nitrogens with zero attached hydrogens (tertiary/aromatic N) is 2. The van der Waals surface area contributed by atoms with E-state index in [0.717, 1.165) is 11.1 Å². The van der Waals surface area contributed by atoms with E-state index in [4.69, 9.17) is 18.9 Å². The number of carboxylic acid groups (broad SMARTS) is 1. The van der Waals surface area contributed by atoms with Crippen LogP contribution in [0.1, 0.15) is 58.6 Å². The fourth-order valence-corrected chi connectivity index (χ4v) is 5.34. The molecule has 3 aliphatic rings. The Bertz CT molecular complexity index is 1250. The summed E-state index contributed by atoms with van der Waals surface area (Å²) in [5.41, 5.74) is 0.529. The van der Waals surface area contributed by atoms with Crippen molar-refractivity contribution in [2.24, 2.45) is 10.8 Å². The first-order chi connectivity index (χ1) is 19.7. The van der Waals surface area contributed by atoms with Crippen LogP contribution in [0.15, 0.2) is 24.3 Å². The summed E-state index contributed by atoms with van der Waals surface area (Å²) in [4.78, 5) is 54.6. The molecule has 1 fully saturated rings. The Morgan fingerprint density at radius 3 is 2.52 bits per heavy atom. The van der Waals surface area contributed by atoms with Gasteiger partial charge in [0.1, 0.15) is 24.8 Å². The maximum absolute atomic E-state index is 13.7. The van der Waals surface area contributed by atoms with Gasteiger partial charge in [-0.3, -0.25) is 9.69 Å². The number of carbonyl (C=O) groups excluding carboxylic acids is 3. The number of carbonyl (C=O) groups is 4. The molecule has 1 aromatic carbocycles. The molecular formula is C30H41N3O9. The maximum Gasteiger partial charge on any atom is 0.410 e. The molecule has 12 heteroatoms. The summed E-state index contributed by atoms with van der Waals surface area (Å²) in [6, 6.07) is 1.38. The molecule has 2 N–H and O–H groups in total. The van der Waals surface area contributed by atoms with E-state index in [-0.39, 0.29) is 39.3 Å². The first kappa shape index (κ1) is 31.0. The minimum absolute atomic E-state index is 0.0718. The van der Waals surface area contributed by atoms with Crippen molar-refractivity contribution in [1.29, 1.82) is 0 Å². The molecule has 3 heterocycles. The highest BCUT2D eigenvalue weighted by atomic mass is 16.6. The second kappa shape index (κ2) is 12.1. The molecule has 1 saturated heterocycles. The number of alkyl carbamates (subject to hydrolysis) is 1. The number of nitrogens with one attached hydrogen (secondary N) is 1. The Kier molecular flexibility index (Phi) is 8.93. The van der Waals surface area contributed by atoms with Crippen LogP contribution in [0.25, 0.3) is 0 Å². The number of methoxy groups -OCH3 is 1. The van der Waals surface area contributed by atoms with Gasteiger partial charge in [-0.2, -0.15) is 0 Å². The number of allylic oxidation sites excluding steroid dienone is 1. The highest BCUT2D eigenvalue weighted by molar-refractivity contribution is 5.90. The monoisotopic (exact) mass is 587 g/mol. The van der Waals surface area contributed by atoms with Crippen LogP contribution < -0.4 is 14.8 Å². The Hall–Kier alpha value is -3.96. The lowest BCUT2D eigenvalue weighted by Gasteiger charge is -2.34. The topological polar surface area (TPSA) is 144 Å². The number of rotatable bonds is 2. The molecule has 4 rings (SSSR count). The van der Waals surface area contributed by atoms with Gasteiger partial charge >= 0.3 is 18.2 Å². The van der Waals surface area contributed by atoms with Gasteiger partial charge in [0, 0.05) is 23.9 Å². The Balaban J connectivity index is 1.64. The highest BCUT2D eigenvalue weighted by Crippen LogP contribution is 2.39. The minimum Gasteiger partial charge on any atom is -0.493 e. The summed E-state index contributed by atoms with van der Waals surface area (Å²) in [6.07, 6.45) is 2.09. The third-order valence-electron chi connectivity index (χ3n) is 7.74. The smallest absolute Gasteiger partial charge is 0.410 e. The van der Waals surface area contributed by atoms with E-state index in [1.54, 1.807) is 33.9 Å². The van der Waals surface area contributed by atoms with Gasteiger partial charge in [-0.25, -0.2) is 14.4 Å². The molecule has 42 heavy (non-hydrogen) atoms. The maximum atomic E-state index is 13.7. The number of aliphatic carboxylic acids is 1. The minimum atomic E-state index is -1.22. The van der Waals surface area contributed by atoms with Crippen LogP contribution >= 0.6 is 0 Å². The molecule has 12 nitrogen and oxygen atoms in total. The predicted octanol–water partition coefficient (Wildman–Crippen LogP) is 3.71. The molecule has 3 amide bonds. The number of ether oxygens (including phenoxy) is 4. The lowest BCUT2D eigenvalue weighted by atomic mass is 9.85. The van der Waals surface area contributed by atoms with Crippen LogP contribution in [0.4, 0.5) is 9.59 Å². The Labute approximate surface area is 245 Å². The number of hydrogen-bond acceptors (Lipinski definition) is 8. The van der Waals surface area contributed by atoms with Gasteiger partial charge in [-0.1, -0.05) is 52.8 Å². The number of amides is 3. The van der Waals surface area contributed by atoms with Gasteiger partial charge in [0.05, 0.1) is 26.8 Å². The molecule has 0 radical (unpaired) electrons. The van der Waals surface area contributed by atoms with Crippen molar-refractivity contribution in [1.82, 2.24) is 15.1 Å². The van der Waals surface area contributed by atoms with Crippen LogP contribution in [0.5, 0.6) is 11.5 Å². The van der Waals surface area contributed by atoms with E-state index < -0.39 is 53.1 Å². The molecule has 0 saturated carbocycles. The summed E-state index contributed by atoms with van der Waals surface area (Å²) >= 11 is 0. The van der Waals surface area contributed by atoms with Crippen molar-refractivity contribution < 1.29 is 43.2 Å². The predicted molar refractivity (Wildman–Crippen MR) is 151 cm³/mol. The van der Waals surface area contributed by atoms with Gasteiger partial charge in [0.25, 0.3) is 0 Å². The van der Waals surface area contributed by atoms with Crippen LogP contribution in [-0.2, 0) is 32.2 Å². The largest absolute Gasteiger partial charge is 0.493 e. The van der Waals surface area contributed by atoms with E-state index in [1.807, 2.05) is 32.1 Å². The first-order valence-corrected chi connectivity index (χ1v) is 14.1. The van der Waals surface area contributed by atoms with E-state index in [9.17, 15) is 24.3 Å². The molecule has 3 atom stereocenters. The van der Waals surface area contributed by atoms with Crippen molar-refractivity contribution in [2.45, 2.75) is 78.7 Å². The van der Waals surface area contributed by atoms with Crippen LogP contribution in [0, 0.1) is 10.8 Å². The average molecular weight is 588 g/mol. The number of carboxylic acids is 1. The van der Waals surface area contributed by atoms with E-state index in [2.05, 4.69) is 5.32 Å². The Morgan fingerprint density at radius 2 is 1.86 bits per heavy atom. The summed E-state index contributed by atoms with van der Waals surface area (Å²) < 4.78 is 22.8. The molecule has 1 aromatic rings. The molecule has 4 bridgehead atoms. The standard InChI is InChI=1S/C30H41N3O9/c1-29(2,3)24-25(34)33-15-19(13-21(33)26(35)36)42-28(38)32-14-18-9-10-22(39-6)23(20(18)16-32)40-12-8-7-11-30(4,5)17-41-27(37)31-24/h7-10,19,21,24H,11-17H2,1-6H3,(H,31,37)(H,35,36)/b8-7+/t19-,21?,24-/m1/s1. The average Bonchev–Trinajstić information content (AvgIpc) is 3.54. The summed E-state index contributed by atoms with van der Waals surface area (Å²) in [5, 5.41) is 12.6. The molecule has 0 aromatic heterocycles. The van der Waals surface area contributed by atoms with Gasteiger partial charge in [-0.05, 0) is 23.5 Å². The first-order valence-electron chi connectivity index (χ1n) is 14.1. The third kappa shape index (κ3) is 6.91.